The van der Waals surface area contributed by atoms with Gasteiger partial charge in [0.05, 0.1) is 16.7 Å². The first kappa shape index (κ1) is 40.1. The normalized spacial score (nSPS) is 11.5. The summed E-state index contributed by atoms with van der Waals surface area (Å²) < 4.78 is 8.98. The fourth-order valence-corrected chi connectivity index (χ4v) is 10.5. The number of benzene rings is 11. The van der Waals surface area contributed by atoms with Crippen LogP contribution in [-0.2, 0) is 0 Å². The quantitative estimate of drug-likeness (QED) is 0.144. The molecule has 0 aliphatic heterocycles. The van der Waals surface area contributed by atoms with Crippen molar-refractivity contribution >= 4 is 60.8 Å². The summed E-state index contributed by atoms with van der Waals surface area (Å²) in [4.78, 5) is 2.41. The third-order valence-corrected chi connectivity index (χ3v) is 13.6. The van der Waals surface area contributed by atoms with Gasteiger partial charge in [0.2, 0.25) is 0 Å². The number of para-hydroxylation sites is 5. The van der Waals surface area contributed by atoms with Crippen LogP contribution in [0.15, 0.2) is 271 Å². The number of rotatable bonds is 9. The number of aromatic nitrogens is 1. The highest BCUT2D eigenvalue weighted by Crippen LogP contribution is 2.47. The maximum Gasteiger partial charge on any atom is 0.143 e. The fourth-order valence-electron chi connectivity index (χ4n) is 10.5. The molecule has 0 fully saturated rings. The van der Waals surface area contributed by atoms with Crippen LogP contribution in [0.4, 0.5) is 17.1 Å². The number of anilines is 3. The molecule has 0 aliphatic rings. The molecule has 3 nitrogen and oxygen atoms in total. The third kappa shape index (κ3) is 6.99. The highest BCUT2D eigenvalue weighted by Gasteiger charge is 2.22. The predicted molar refractivity (Wildman–Crippen MR) is 290 cm³/mol. The summed E-state index contributed by atoms with van der Waals surface area (Å²) in [5.74, 6) is 0. The second kappa shape index (κ2) is 16.9. The van der Waals surface area contributed by atoms with Gasteiger partial charge in [0.1, 0.15) is 11.2 Å². The minimum Gasteiger partial charge on any atom is -0.455 e. The SMILES string of the molecule is c1ccc(-c2ccccc2-c2ccccc2-c2ccccc2N(c2ccc(-c3ccc4c5ccccc5n(-c5ccccc5)c4c3)cc2)c2cccc(-c3cccc4c3oc3ccccc34)c2)cc1. The van der Waals surface area contributed by atoms with E-state index in [1.165, 1.54) is 44.1 Å². The Kier molecular flexibility index (Phi) is 9.84. The molecular formula is C66H44N2O. The number of hydrogen-bond acceptors (Lipinski definition) is 2. The van der Waals surface area contributed by atoms with Gasteiger partial charge >= 0.3 is 0 Å². The van der Waals surface area contributed by atoms with Gasteiger partial charge in [-0.25, -0.2) is 0 Å². The molecule has 2 heterocycles. The second-order valence-electron chi connectivity index (χ2n) is 17.6. The van der Waals surface area contributed by atoms with Crippen LogP contribution in [0, 0.1) is 0 Å². The Hall–Kier alpha value is -9.18. The summed E-state index contributed by atoms with van der Waals surface area (Å²) in [6, 6.07) is 96.1. The van der Waals surface area contributed by atoms with Crippen LogP contribution < -0.4 is 4.90 Å². The molecular weight excluding hydrogens is 837 g/mol. The Morgan fingerprint density at radius 1 is 0.290 bits per heavy atom. The number of nitrogens with zero attached hydrogens (tertiary/aromatic N) is 2. The maximum atomic E-state index is 6.60. The van der Waals surface area contributed by atoms with E-state index in [9.17, 15) is 0 Å². The summed E-state index contributed by atoms with van der Waals surface area (Å²) in [5, 5.41) is 4.72. The van der Waals surface area contributed by atoms with Gasteiger partial charge in [-0.3, -0.25) is 0 Å². The first-order valence-electron chi connectivity index (χ1n) is 23.6. The van der Waals surface area contributed by atoms with E-state index >= 15 is 0 Å². The first-order chi connectivity index (χ1) is 34.2. The average Bonchev–Trinajstić information content (AvgIpc) is 3.98. The standard InChI is InChI=1S/C66H44N2O/c1-3-19-46(20-4-1)52-25-7-8-26-54(52)55-27-9-10-28-56(55)57-29-11-14-34-62(57)67(51-24-17-21-48(43-51)53-32-18-33-61-60-31-13-16-36-65(60)69-66(53)61)50-40-37-45(38-41-50)47-39-42-59-58-30-12-15-35-63(58)68(64(59)44-47)49-22-5-2-6-23-49/h1-44H. The molecule has 0 atom stereocenters. The summed E-state index contributed by atoms with van der Waals surface area (Å²) in [7, 11) is 0. The van der Waals surface area contributed by atoms with Gasteiger partial charge in [-0.2, -0.15) is 0 Å². The molecule has 0 radical (unpaired) electrons. The summed E-state index contributed by atoms with van der Waals surface area (Å²) in [5.41, 5.74) is 19.9. The lowest BCUT2D eigenvalue weighted by molar-refractivity contribution is 0.670. The van der Waals surface area contributed by atoms with E-state index in [4.69, 9.17) is 4.42 Å². The second-order valence-corrected chi connectivity index (χ2v) is 17.6. The van der Waals surface area contributed by atoms with Crippen LogP contribution in [0.1, 0.15) is 0 Å². The molecule has 0 amide bonds. The van der Waals surface area contributed by atoms with Crippen LogP contribution in [0.2, 0.25) is 0 Å². The van der Waals surface area contributed by atoms with E-state index in [-0.39, 0.29) is 0 Å². The minimum absolute atomic E-state index is 0.889. The van der Waals surface area contributed by atoms with E-state index in [0.29, 0.717) is 0 Å². The average molecular weight is 881 g/mol. The Morgan fingerprint density at radius 2 is 0.841 bits per heavy atom. The molecule has 0 aliphatic carbocycles. The van der Waals surface area contributed by atoms with Gasteiger partial charge in [-0.15, -0.1) is 0 Å². The zero-order valence-corrected chi connectivity index (χ0v) is 37.7. The monoisotopic (exact) mass is 880 g/mol. The van der Waals surface area contributed by atoms with Gasteiger partial charge < -0.3 is 13.9 Å². The van der Waals surface area contributed by atoms with Gasteiger partial charge in [0.15, 0.2) is 0 Å². The molecule has 0 N–H and O–H groups in total. The molecule has 11 aromatic carbocycles. The van der Waals surface area contributed by atoms with Crippen molar-refractivity contribution in [1.29, 1.82) is 0 Å². The van der Waals surface area contributed by atoms with Crippen molar-refractivity contribution in [3.05, 3.63) is 267 Å². The van der Waals surface area contributed by atoms with Gasteiger partial charge in [-0.1, -0.05) is 206 Å². The molecule has 69 heavy (non-hydrogen) atoms. The highest BCUT2D eigenvalue weighted by atomic mass is 16.3. The molecule has 3 heteroatoms. The summed E-state index contributed by atoms with van der Waals surface area (Å²) in [6.07, 6.45) is 0. The predicted octanol–water partition coefficient (Wildman–Crippen LogP) is 18.5. The van der Waals surface area contributed by atoms with Crippen molar-refractivity contribution in [3.63, 3.8) is 0 Å². The van der Waals surface area contributed by atoms with Crippen LogP contribution in [0.5, 0.6) is 0 Å². The minimum atomic E-state index is 0.889. The number of hydrogen-bond donors (Lipinski definition) is 0. The zero-order valence-electron chi connectivity index (χ0n) is 37.7. The fraction of sp³-hybridized carbons (Fsp3) is 0. The highest BCUT2D eigenvalue weighted by molar-refractivity contribution is 6.11. The van der Waals surface area contributed by atoms with Gasteiger partial charge in [0.25, 0.3) is 0 Å². The molecule has 0 saturated carbocycles. The van der Waals surface area contributed by atoms with Crippen LogP contribution in [-0.4, -0.2) is 4.57 Å². The molecule has 2 aromatic heterocycles. The molecule has 0 unspecified atom stereocenters. The maximum absolute atomic E-state index is 6.60. The Balaban J connectivity index is 0.979. The first-order valence-corrected chi connectivity index (χ1v) is 23.6. The van der Waals surface area contributed by atoms with E-state index in [1.54, 1.807) is 0 Å². The Bertz CT molecular complexity index is 4010. The van der Waals surface area contributed by atoms with E-state index < -0.39 is 0 Å². The smallest absolute Gasteiger partial charge is 0.143 e. The van der Waals surface area contributed by atoms with Crippen molar-refractivity contribution in [1.82, 2.24) is 4.57 Å². The molecule has 0 bridgehead atoms. The number of furan rings is 1. The zero-order chi connectivity index (χ0) is 45.7. The van der Waals surface area contributed by atoms with E-state index in [2.05, 4.69) is 270 Å². The molecule has 0 spiro atoms. The van der Waals surface area contributed by atoms with Gasteiger partial charge in [0, 0.05) is 49.7 Å². The van der Waals surface area contributed by atoms with Crippen LogP contribution in [0.3, 0.4) is 0 Å². The number of fused-ring (bicyclic) bond motifs is 6. The molecule has 13 aromatic rings. The van der Waals surface area contributed by atoms with Crippen LogP contribution >= 0.6 is 0 Å². The van der Waals surface area contributed by atoms with E-state index in [1.807, 2.05) is 6.07 Å². The topological polar surface area (TPSA) is 21.3 Å². The van der Waals surface area contributed by atoms with Crippen molar-refractivity contribution in [2.45, 2.75) is 0 Å². The van der Waals surface area contributed by atoms with Crippen molar-refractivity contribution < 1.29 is 4.42 Å². The molecule has 0 saturated heterocycles. The van der Waals surface area contributed by atoms with Crippen molar-refractivity contribution in [3.8, 4) is 61.3 Å². The summed E-state index contributed by atoms with van der Waals surface area (Å²) in [6.45, 7) is 0. The largest absolute Gasteiger partial charge is 0.455 e. The van der Waals surface area contributed by atoms with Crippen molar-refractivity contribution in [2.75, 3.05) is 4.90 Å². The van der Waals surface area contributed by atoms with Crippen LogP contribution in [0.25, 0.3) is 105 Å². The van der Waals surface area contributed by atoms with E-state index in [0.717, 1.165) is 78.1 Å². The Morgan fingerprint density at radius 3 is 1.64 bits per heavy atom. The summed E-state index contributed by atoms with van der Waals surface area (Å²) >= 11 is 0. The molecule has 324 valence electrons. The molecule has 13 rings (SSSR count). The van der Waals surface area contributed by atoms with Crippen molar-refractivity contribution in [2.24, 2.45) is 0 Å². The lowest BCUT2D eigenvalue weighted by atomic mass is 9.88. The lowest BCUT2D eigenvalue weighted by Crippen LogP contribution is -2.11. The van der Waals surface area contributed by atoms with Gasteiger partial charge in [-0.05, 0) is 105 Å². The third-order valence-electron chi connectivity index (χ3n) is 13.6. The Labute approximate surface area is 401 Å². The lowest BCUT2D eigenvalue weighted by Gasteiger charge is -2.29.